The SMILES string of the molecule is B.CCP(CC)CC. The average Bonchev–Trinajstić information content (AvgIpc) is 1.72. The van der Waals surface area contributed by atoms with Crippen molar-refractivity contribution < 1.29 is 0 Å². The van der Waals surface area contributed by atoms with Crippen LogP contribution in [-0.4, -0.2) is 26.9 Å². The standard InChI is InChI=1S/C6H15P.BH3/c1-4-7(5-2)6-3;/h4-6H2,1-3H3;1H3. The third kappa shape index (κ3) is 4.65. The van der Waals surface area contributed by atoms with E-state index in [1.807, 2.05) is 0 Å². The largest absolute Gasteiger partial charge is 0.108 e. The van der Waals surface area contributed by atoms with Gasteiger partial charge in [-0.25, -0.2) is 0 Å². The Morgan fingerprint density at radius 2 is 1.12 bits per heavy atom. The van der Waals surface area contributed by atoms with E-state index >= 15 is 0 Å². The molecule has 0 aliphatic rings. The molecule has 0 fully saturated rings. The first kappa shape index (κ1) is 11.3. The van der Waals surface area contributed by atoms with Gasteiger partial charge in [0.1, 0.15) is 0 Å². The molecule has 0 aliphatic carbocycles. The highest BCUT2D eigenvalue weighted by atomic mass is 31.1. The van der Waals surface area contributed by atoms with E-state index in [0.717, 1.165) is 0 Å². The van der Waals surface area contributed by atoms with Crippen LogP contribution in [0.25, 0.3) is 0 Å². The highest BCUT2D eigenvalue weighted by Gasteiger charge is 1.94. The molecule has 0 saturated carbocycles. The second-order valence-corrected chi connectivity index (χ2v) is 4.86. The molecule has 0 aromatic carbocycles. The summed E-state index contributed by atoms with van der Waals surface area (Å²) in [6.45, 7) is 6.87. The maximum Gasteiger partial charge on any atom is 0.0814 e. The molecule has 0 rings (SSSR count). The summed E-state index contributed by atoms with van der Waals surface area (Å²) in [5, 5.41) is 0. The quantitative estimate of drug-likeness (QED) is 0.401. The molecule has 0 radical (unpaired) electrons. The fourth-order valence-electron chi connectivity index (χ4n) is 0.671. The first-order chi connectivity index (χ1) is 3.35. The van der Waals surface area contributed by atoms with Crippen LogP contribution in [0.1, 0.15) is 20.8 Å². The predicted molar refractivity (Wildman–Crippen MR) is 48.5 cm³/mol. The summed E-state index contributed by atoms with van der Waals surface area (Å²) in [4.78, 5) is 0. The lowest BCUT2D eigenvalue weighted by atomic mass is 10.8. The average molecular weight is 132 g/mol. The van der Waals surface area contributed by atoms with Crippen LogP contribution in [0.3, 0.4) is 0 Å². The predicted octanol–water partition coefficient (Wildman–Crippen LogP) is 1.34. The van der Waals surface area contributed by atoms with Crippen LogP contribution in [-0.2, 0) is 0 Å². The smallest absolute Gasteiger partial charge is 0.0814 e. The Morgan fingerprint density at radius 3 is 1.12 bits per heavy atom. The molecule has 2 heteroatoms. The van der Waals surface area contributed by atoms with Crippen LogP contribution >= 0.6 is 7.92 Å². The Bertz CT molecular complexity index is 30.0. The summed E-state index contributed by atoms with van der Waals surface area (Å²) in [6, 6.07) is 0. The lowest BCUT2D eigenvalue weighted by Gasteiger charge is -2.07. The molecule has 0 amide bonds. The van der Waals surface area contributed by atoms with E-state index < -0.39 is 0 Å². The van der Waals surface area contributed by atoms with Crippen molar-refractivity contribution in [2.75, 3.05) is 18.5 Å². The molecule has 0 spiro atoms. The van der Waals surface area contributed by atoms with Crippen LogP contribution in [0.15, 0.2) is 0 Å². The molecular weight excluding hydrogens is 114 g/mol. The van der Waals surface area contributed by atoms with Crippen molar-refractivity contribution in [3.8, 4) is 0 Å². The van der Waals surface area contributed by atoms with Crippen molar-refractivity contribution in [1.29, 1.82) is 0 Å². The van der Waals surface area contributed by atoms with E-state index in [1.165, 1.54) is 18.5 Å². The van der Waals surface area contributed by atoms with Crippen molar-refractivity contribution in [3.05, 3.63) is 0 Å². The fraction of sp³-hybridized carbons (Fsp3) is 1.00. The van der Waals surface area contributed by atoms with Crippen LogP contribution in [0.5, 0.6) is 0 Å². The molecule has 0 saturated heterocycles. The summed E-state index contributed by atoms with van der Waals surface area (Å²) >= 11 is 0. The van der Waals surface area contributed by atoms with E-state index in [2.05, 4.69) is 20.8 Å². The van der Waals surface area contributed by atoms with Crippen molar-refractivity contribution in [2.45, 2.75) is 20.8 Å². The molecule has 0 N–H and O–H groups in total. The van der Waals surface area contributed by atoms with Gasteiger partial charge in [0.2, 0.25) is 0 Å². The zero-order valence-electron chi connectivity index (χ0n) is 5.57. The van der Waals surface area contributed by atoms with Crippen molar-refractivity contribution in [1.82, 2.24) is 0 Å². The van der Waals surface area contributed by atoms with Gasteiger partial charge in [-0.05, 0) is 18.5 Å². The van der Waals surface area contributed by atoms with E-state index in [1.54, 1.807) is 0 Å². The van der Waals surface area contributed by atoms with Crippen molar-refractivity contribution >= 4 is 16.3 Å². The van der Waals surface area contributed by atoms with Gasteiger partial charge in [-0.1, -0.05) is 20.8 Å². The summed E-state index contributed by atoms with van der Waals surface area (Å²) in [7, 11) is 0.446. The molecule has 0 aliphatic heterocycles. The van der Waals surface area contributed by atoms with Crippen molar-refractivity contribution in [3.63, 3.8) is 0 Å². The second-order valence-electron chi connectivity index (χ2n) is 1.62. The van der Waals surface area contributed by atoms with Crippen LogP contribution in [0.4, 0.5) is 0 Å². The third-order valence-corrected chi connectivity index (χ3v) is 4.02. The molecule has 0 bridgehead atoms. The summed E-state index contributed by atoms with van der Waals surface area (Å²) < 4.78 is 0. The molecule has 0 atom stereocenters. The first-order valence-corrected chi connectivity index (χ1v) is 4.97. The highest BCUT2D eigenvalue weighted by molar-refractivity contribution is 7.57. The van der Waals surface area contributed by atoms with E-state index in [-0.39, 0.29) is 8.41 Å². The molecule has 8 heavy (non-hydrogen) atoms. The van der Waals surface area contributed by atoms with Gasteiger partial charge in [-0.2, -0.15) is 0 Å². The Balaban J connectivity index is 0. The van der Waals surface area contributed by atoms with Crippen LogP contribution in [0, 0.1) is 0 Å². The molecule has 0 aromatic rings. The van der Waals surface area contributed by atoms with Gasteiger partial charge < -0.3 is 0 Å². The minimum absolute atomic E-state index is 0. The number of hydrogen-bond acceptors (Lipinski definition) is 0. The number of rotatable bonds is 3. The highest BCUT2D eigenvalue weighted by Crippen LogP contribution is 2.32. The fourth-order valence-corrected chi connectivity index (χ4v) is 2.01. The van der Waals surface area contributed by atoms with Gasteiger partial charge in [0.25, 0.3) is 0 Å². The molecular formula is C6H18BP. The van der Waals surface area contributed by atoms with E-state index in [4.69, 9.17) is 0 Å². The van der Waals surface area contributed by atoms with Crippen LogP contribution < -0.4 is 0 Å². The first-order valence-electron chi connectivity index (χ1n) is 3.07. The monoisotopic (exact) mass is 132 g/mol. The molecule has 0 heterocycles. The second kappa shape index (κ2) is 7.49. The molecule has 0 aromatic heterocycles. The molecule has 50 valence electrons. The minimum atomic E-state index is 0. The van der Waals surface area contributed by atoms with Gasteiger partial charge in [0.15, 0.2) is 0 Å². The molecule has 0 nitrogen and oxygen atoms in total. The maximum absolute atomic E-state index is 2.29. The Labute approximate surface area is 56.4 Å². The van der Waals surface area contributed by atoms with Crippen LogP contribution in [0.2, 0.25) is 0 Å². The van der Waals surface area contributed by atoms with Crippen molar-refractivity contribution in [2.24, 2.45) is 0 Å². The summed E-state index contributed by atoms with van der Waals surface area (Å²) in [6.07, 6.45) is 4.26. The van der Waals surface area contributed by atoms with E-state index in [0.29, 0.717) is 7.92 Å². The lowest BCUT2D eigenvalue weighted by molar-refractivity contribution is 1.35. The topological polar surface area (TPSA) is 0 Å². The lowest BCUT2D eigenvalue weighted by Crippen LogP contribution is -1.83. The zero-order valence-corrected chi connectivity index (χ0v) is 6.46. The number of hydrogen-bond donors (Lipinski definition) is 0. The van der Waals surface area contributed by atoms with Gasteiger partial charge in [-0.15, -0.1) is 7.92 Å². The Hall–Kier alpha value is 0.495. The van der Waals surface area contributed by atoms with Gasteiger partial charge in [0.05, 0.1) is 8.41 Å². The Kier molecular flexibility index (Phi) is 10.6. The maximum atomic E-state index is 2.29. The van der Waals surface area contributed by atoms with Gasteiger partial charge >= 0.3 is 0 Å². The third-order valence-electron chi connectivity index (χ3n) is 1.34. The normalized spacial score (nSPS) is 9.00. The summed E-state index contributed by atoms with van der Waals surface area (Å²) in [5.41, 5.74) is 0. The zero-order chi connectivity index (χ0) is 5.70. The van der Waals surface area contributed by atoms with Gasteiger partial charge in [-0.3, -0.25) is 0 Å². The Morgan fingerprint density at radius 1 is 0.875 bits per heavy atom. The molecule has 0 unspecified atom stereocenters. The minimum Gasteiger partial charge on any atom is -0.108 e. The summed E-state index contributed by atoms with van der Waals surface area (Å²) in [5.74, 6) is 0. The van der Waals surface area contributed by atoms with E-state index in [9.17, 15) is 0 Å². The van der Waals surface area contributed by atoms with Gasteiger partial charge in [0, 0.05) is 0 Å².